The predicted octanol–water partition coefficient (Wildman–Crippen LogP) is 1.10. The van der Waals surface area contributed by atoms with Gasteiger partial charge in [-0.05, 0) is 11.6 Å². The second kappa shape index (κ2) is 4.15. The molecule has 0 radical (unpaired) electrons. The maximum Gasteiger partial charge on any atom is 0.188 e. The number of rotatable bonds is 3. The largest absolute Gasteiger partial charge is 0.503 e. The number of hydrogen-bond acceptors (Lipinski definition) is 3. The van der Waals surface area contributed by atoms with E-state index in [1.165, 1.54) is 6.07 Å². The van der Waals surface area contributed by atoms with E-state index in [0.29, 0.717) is 0 Å². The normalized spacial score (nSPS) is 10.4. The molecule has 0 aliphatic heterocycles. The van der Waals surface area contributed by atoms with Gasteiger partial charge in [0.15, 0.2) is 17.4 Å². The van der Waals surface area contributed by atoms with Gasteiger partial charge in [-0.25, -0.2) is 14.7 Å². The first-order valence-electron chi connectivity index (χ1n) is 3.64. The second-order valence-electron chi connectivity index (χ2n) is 2.49. The molecule has 0 saturated heterocycles. The first-order chi connectivity index (χ1) is 6.16. The molecule has 0 saturated carbocycles. The third-order valence-electron chi connectivity index (χ3n) is 1.64. The highest BCUT2D eigenvalue weighted by atomic mass is 19.1. The standard InChI is InChI=1S/C8H9F2NO2/c9-6-2-1-5(3-4-13-11)7(10)8(6)12/h1-2,12H,3-4,11H2. The van der Waals surface area contributed by atoms with Crippen molar-refractivity contribution < 1.29 is 18.7 Å². The predicted molar refractivity (Wildman–Crippen MR) is 41.9 cm³/mol. The van der Waals surface area contributed by atoms with Crippen molar-refractivity contribution >= 4 is 0 Å². The summed E-state index contributed by atoms with van der Waals surface area (Å²) in [7, 11) is 0. The zero-order valence-corrected chi connectivity index (χ0v) is 6.76. The Labute approximate surface area is 73.7 Å². The maximum absolute atomic E-state index is 13.0. The third kappa shape index (κ3) is 2.13. The van der Waals surface area contributed by atoms with Crippen LogP contribution in [0, 0.1) is 11.6 Å². The smallest absolute Gasteiger partial charge is 0.188 e. The summed E-state index contributed by atoms with van der Waals surface area (Å²) in [6, 6.07) is 2.23. The summed E-state index contributed by atoms with van der Waals surface area (Å²) in [6.07, 6.45) is 0.191. The van der Waals surface area contributed by atoms with Gasteiger partial charge in [0.05, 0.1) is 6.61 Å². The number of phenols is 1. The molecular formula is C8H9F2NO2. The molecule has 0 amide bonds. The average Bonchev–Trinajstić information content (AvgIpc) is 2.13. The van der Waals surface area contributed by atoms with E-state index in [4.69, 9.17) is 11.0 Å². The van der Waals surface area contributed by atoms with Crippen molar-refractivity contribution in [3.8, 4) is 5.75 Å². The molecule has 0 bridgehead atoms. The van der Waals surface area contributed by atoms with Crippen LogP contribution < -0.4 is 5.90 Å². The lowest BCUT2D eigenvalue weighted by Crippen LogP contribution is -2.05. The molecule has 1 aromatic rings. The van der Waals surface area contributed by atoms with Crippen LogP contribution >= 0.6 is 0 Å². The number of benzene rings is 1. The van der Waals surface area contributed by atoms with Crippen LogP contribution in [0.25, 0.3) is 0 Å². The van der Waals surface area contributed by atoms with E-state index in [2.05, 4.69) is 4.84 Å². The average molecular weight is 189 g/mol. The van der Waals surface area contributed by atoms with E-state index in [-0.39, 0.29) is 18.6 Å². The number of aromatic hydroxyl groups is 1. The Morgan fingerprint density at radius 2 is 2.08 bits per heavy atom. The van der Waals surface area contributed by atoms with Crippen LogP contribution in [-0.4, -0.2) is 11.7 Å². The quantitative estimate of drug-likeness (QED) is 0.700. The van der Waals surface area contributed by atoms with Gasteiger partial charge in [0.1, 0.15) is 0 Å². The summed E-state index contributed by atoms with van der Waals surface area (Å²) >= 11 is 0. The summed E-state index contributed by atoms with van der Waals surface area (Å²) in [5.41, 5.74) is 0.171. The summed E-state index contributed by atoms with van der Waals surface area (Å²) in [6.45, 7) is 0.113. The van der Waals surface area contributed by atoms with Crippen molar-refractivity contribution in [1.29, 1.82) is 0 Å². The van der Waals surface area contributed by atoms with E-state index in [1.807, 2.05) is 0 Å². The Kier molecular flexibility index (Phi) is 3.16. The minimum absolute atomic E-state index is 0.113. The topological polar surface area (TPSA) is 55.5 Å². The van der Waals surface area contributed by atoms with E-state index in [9.17, 15) is 8.78 Å². The van der Waals surface area contributed by atoms with Gasteiger partial charge in [0, 0.05) is 6.42 Å². The van der Waals surface area contributed by atoms with E-state index in [1.54, 1.807) is 0 Å². The molecule has 0 spiro atoms. The van der Waals surface area contributed by atoms with Gasteiger partial charge in [-0.1, -0.05) is 6.07 Å². The van der Waals surface area contributed by atoms with Gasteiger partial charge in [-0.3, -0.25) is 0 Å². The highest BCUT2D eigenvalue weighted by Crippen LogP contribution is 2.22. The van der Waals surface area contributed by atoms with Gasteiger partial charge in [-0.15, -0.1) is 0 Å². The zero-order chi connectivity index (χ0) is 9.84. The molecule has 0 aromatic heterocycles. The Bertz CT molecular complexity index is 304. The maximum atomic E-state index is 13.0. The fourth-order valence-electron chi connectivity index (χ4n) is 0.945. The number of hydrogen-bond donors (Lipinski definition) is 2. The minimum Gasteiger partial charge on any atom is -0.503 e. The van der Waals surface area contributed by atoms with Crippen LogP contribution in [0.15, 0.2) is 12.1 Å². The van der Waals surface area contributed by atoms with Crippen molar-refractivity contribution in [2.75, 3.05) is 6.61 Å². The summed E-state index contributed by atoms with van der Waals surface area (Å²) in [5, 5.41) is 8.86. The molecule has 0 aliphatic carbocycles. The summed E-state index contributed by atoms with van der Waals surface area (Å²) in [4.78, 5) is 4.23. The van der Waals surface area contributed by atoms with Crippen LogP contribution in [0.3, 0.4) is 0 Å². The first kappa shape index (κ1) is 9.88. The van der Waals surface area contributed by atoms with Crippen LogP contribution in [-0.2, 0) is 11.3 Å². The molecule has 3 N–H and O–H groups in total. The van der Waals surface area contributed by atoms with Gasteiger partial charge < -0.3 is 9.94 Å². The molecule has 5 heteroatoms. The minimum atomic E-state index is -0.977. The molecule has 72 valence electrons. The molecule has 0 fully saturated rings. The molecular weight excluding hydrogens is 180 g/mol. The summed E-state index contributed by atoms with van der Waals surface area (Å²) in [5.74, 6) is 1.83. The van der Waals surface area contributed by atoms with Crippen molar-refractivity contribution in [2.45, 2.75) is 6.42 Å². The van der Waals surface area contributed by atoms with Crippen LogP contribution in [0.2, 0.25) is 0 Å². The van der Waals surface area contributed by atoms with Gasteiger partial charge in [0.2, 0.25) is 0 Å². The highest BCUT2D eigenvalue weighted by molar-refractivity contribution is 5.31. The van der Waals surface area contributed by atoms with Crippen LogP contribution in [0.1, 0.15) is 5.56 Å². The molecule has 0 heterocycles. The van der Waals surface area contributed by atoms with Crippen LogP contribution in [0.5, 0.6) is 5.75 Å². The van der Waals surface area contributed by atoms with E-state index in [0.717, 1.165) is 6.07 Å². The van der Waals surface area contributed by atoms with E-state index < -0.39 is 17.4 Å². The van der Waals surface area contributed by atoms with Crippen LogP contribution in [0.4, 0.5) is 8.78 Å². The molecule has 3 nitrogen and oxygen atoms in total. The van der Waals surface area contributed by atoms with Crippen molar-refractivity contribution in [2.24, 2.45) is 5.90 Å². The Balaban J connectivity index is 2.90. The Morgan fingerprint density at radius 3 is 2.69 bits per heavy atom. The second-order valence-corrected chi connectivity index (χ2v) is 2.49. The van der Waals surface area contributed by atoms with Crippen molar-refractivity contribution in [3.05, 3.63) is 29.3 Å². The molecule has 1 aromatic carbocycles. The fraction of sp³-hybridized carbons (Fsp3) is 0.250. The number of nitrogens with two attached hydrogens (primary N) is 1. The SMILES string of the molecule is NOCCc1ccc(F)c(O)c1F. The Hall–Kier alpha value is -1.20. The first-order valence-corrected chi connectivity index (χ1v) is 3.64. The molecule has 0 atom stereocenters. The van der Waals surface area contributed by atoms with E-state index >= 15 is 0 Å². The lowest BCUT2D eigenvalue weighted by Gasteiger charge is -2.03. The molecule has 13 heavy (non-hydrogen) atoms. The monoisotopic (exact) mass is 189 g/mol. The lowest BCUT2D eigenvalue weighted by atomic mass is 10.1. The number of phenolic OH excluding ortho intramolecular Hbond substituents is 1. The molecule has 0 aliphatic rings. The van der Waals surface area contributed by atoms with Gasteiger partial charge in [-0.2, -0.15) is 0 Å². The Morgan fingerprint density at radius 1 is 1.38 bits per heavy atom. The summed E-state index contributed by atoms with van der Waals surface area (Å²) < 4.78 is 25.5. The van der Waals surface area contributed by atoms with Gasteiger partial charge >= 0.3 is 0 Å². The van der Waals surface area contributed by atoms with Gasteiger partial charge in [0.25, 0.3) is 0 Å². The highest BCUT2D eigenvalue weighted by Gasteiger charge is 2.11. The molecule has 1 rings (SSSR count). The lowest BCUT2D eigenvalue weighted by molar-refractivity contribution is 0.140. The van der Waals surface area contributed by atoms with Crippen molar-refractivity contribution in [3.63, 3.8) is 0 Å². The zero-order valence-electron chi connectivity index (χ0n) is 6.76. The molecule has 0 unspecified atom stereocenters. The number of halogens is 2. The van der Waals surface area contributed by atoms with Crippen molar-refractivity contribution in [1.82, 2.24) is 0 Å². The third-order valence-corrected chi connectivity index (χ3v) is 1.64. The fourth-order valence-corrected chi connectivity index (χ4v) is 0.945.